The number of carbonyl (C=O) groups is 1. The topological polar surface area (TPSA) is 37.3 Å². The first kappa shape index (κ1) is 17.1. The predicted octanol–water partition coefficient (Wildman–Crippen LogP) is 4.85. The molecular formula is C23H22O2. The van der Waals surface area contributed by atoms with E-state index in [0.29, 0.717) is 12.0 Å². The number of benzene rings is 3. The Hall–Kier alpha value is -2.71. The van der Waals surface area contributed by atoms with Gasteiger partial charge in [0.05, 0.1) is 12.0 Å². The van der Waals surface area contributed by atoms with E-state index in [-0.39, 0.29) is 5.78 Å². The smallest absolute Gasteiger partial charge is 0.168 e. The van der Waals surface area contributed by atoms with Gasteiger partial charge in [-0.1, -0.05) is 91.0 Å². The number of ketones is 1. The number of hydrogen-bond donors (Lipinski definition) is 1. The average molecular weight is 330 g/mol. The molecule has 1 N–H and O–H groups in total. The van der Waals surface area contributed by atoms with E-state index >= 15 is 0 Å². The lowest BCUT2D eigenvalue weighted by atomic mass is 9.84. The second-order valence-electron chi connectivity index (χ2n) is 6.22. The Morgan fingerprint density at radius 1 is 0.760 bits per heavy atom. The quantitative estimate of drug-likeness (QED) is 0.629. The van der Waals surface area contributed by atoms with Crippen LogP contribution in [0.1, 0.15) is 34.0 Å². The van der Waals surface area contributed by atoms with Gasteiger partial charge in [-0.15, -0.1) is 0 Å². The minimum atomic E-state index is -0.808. The van der Waals surface area contributed by atoms with Crippen molar-refractivity contribution in [3.63, 3.8) is 0 Å². The molecule has 0 spiro atoms. The highest BCUT2D eigenvalue weighted by atomic mass is 16.3. The summed E-state index contributed by atoms with van der Waals surface area (Å²) in [6, 6.07) is 28.8. The summed E-state index contributed by atoms with van der Waals surface area (Å²) < 4.78 is 0. The fourth-order valence-electron chi connectivity index (χ4n) is 3.10. The lowest BCUT2D eigenvalue weighted by Crippen LogP contribution is -2.23. The Labute approximate surface area is 148 Å². The van der Waals surface area contributed by atoms with Crippen LogP contribution in [-0.4, -0.2) is 10.9 Å². The number of aryl methyl sites for hydroxylation is 1. The molecule has 3 aromatic carbocycles. The maximum atomic E-state index is 13.0. The second-order valence-corrected chi connectivity index (χ2v) is 6.22. The first-order valence-electron chi connectivity index (χ1n) is 8.62. The van der Waals surface area contributed by atoms with Crippen LogP contribution in [0, 0.1) is 5.92 Å². The number of hydrogen-bond acceptors (Lipinski definition) is 2. The van der Waals surface area contributed by atoms with Crippen LogP contribution >= 0.6 is 0 Å². The number of aliphatic hydroxyl groups is 1. The van der Waals surface area contributed by atoms with Crippen LogP contribution in [0.3, 0.4) is 0 Å². The highest BCUT2D eigenvalue weighted by Crippen LogP contribution is 2.29. The summed E-state index contributed by atoms with van der Waals surface area (Å²) in [4.78, 5) is 13.0. The van der Waals surface area contributed by atoms with Crippen LogP contribution in [0.4, 0.5) is 0 Å². The number of rotatable bonds is 7. The third kappa shape index (κ3) is 4.43. The summed E-state index contributed by atoms with van der Waals surface area (Å²) in [5.41, 5.74) is 2.61. The fourth-order valence-corrected chi connectivity index (χ4v) is 3.10. The van der Waals surface area contributed by atoms with Crippen molar-refractivity contribution in [2.75, 3.05) is 0 Å². The molecule has 0 saturated heterocycles. The lowest BCUT2D eigenvalue weighted by Gasteiger charge is -2.22. The van der Waals surface area contributed by atoms with E-state index in [2.05, 4.69) is 12.1 Å². The summed E-state index contributed by atoms with van der Waals surface area (Å²) in [5, 5.41) is 10.9. The number of carbonyl (C=O) groups excluding carboxylic acids is 1. The second kappa shape index (κ2) is 8.41. The van der Waals surface area contributed by atoms with Crippen LogP contribution in [-0.2, 0) is 6.42 Å². The number of Topliss-reactive ketones (excluding diaryl/α,β-unsaturated/α-hetero) is 1. The van der Waals surface area contributed by atoms with Crippen molar-refractivity contribution in [2.24, 2.45) is 5.92 Å². The summed E-state index contributed by atoms with van der Waals surface area (Å²) in [7, 11) is 0. The monoisotopic (exact) mass is 330 g/mol. The third-order valence-corrected chi connectivity index (χ3v) is 4.50. The Bertz CT molecular complexity index is 782. The van der Waals surface area contributed by atoms with Gasteiger partial charge in [0.1, 0.15) is 0 Å². The van der Waals surface area contributed by atoms with E-state index in [9.17, 15) is 9.90 Å². The highest BCUT2D eigenvalue weighted by molar-refractivity contribution is 5.98. The molecule has 0 fully saturated rings. The van der Waals surface area contributed by atoms with Crippen molar-refractivity contribution in [2.45, 2.75) is 18.9 Å². The first-order valence-corrected chi connectivity index (χ1v) is 8.62. The summed E-state index contributed by atoms with van der Waals surface area (Å²) in [5.74, 6) is -0.474. The molecule has 2 nitrogen and oxygen atoms in total. The van der Waals surface area contributed by atoms with Gasteiger partial charge < -0.3 is 5.11 Å². The maximum Gasteiger partial charge on any atom is 0.168 e. The van der Waals surface area contributed by atoms with Crippen molar-refractivity contribution < 1.29 is 9.90 Å². The number of aliphatic hydroxyl groups excluding tert-OH is 1. The van der Waals surface area contributed by atoms with Crippen molar-refractivity contribution >= 4 is 5.78 Å². The minimum absolute atomic E-state index is 0.00659. The lowest BCUT2D eigenvalue weighted by molar-refractivity contribution is 0.0657. The molecule has 25 heavy (non-hydrogen) atoms. The van der Waals surface area contributed by atoms with Gasteiger partial charge in [0.25, 0.3) is 0 Å². The molecule has 3 rings (SSSR count). The van der Waals surface area contributed by atoms with Crippen molar-refractivity contribution in [3.05, 3.63) is 108 Å². The van der Waals surface area contributed by atoms with Crippen LogP contribution in [0.15, 0.2) is 91.0 Å². The van der Waals surface area contributed by atoms with E-state index in [1.807, 2.05) is 78.9 Å². The largest absolute Gasteiger partial charge is 0.388 e. The molecule has 0 amide bonds. The molecule has 0 saturated carbocycles. The molecule has 2 atom stereocenters. The molecule has 0 aliphatic rings. The van der Waals surface area contributed by atoms with Crippen molar-refractivity contribution in [1.82, 2.24) is 0 Å². The van der Waals surface area contributed by atoms with Crippen LogP contribution < -0.4 is 0 Å². The normalized spacial score (nSPS) is 13.2. The van der Waals surface area contributed by atoms with Gasteiger partial charge in [-0.05, 0) is 24.0 Å². The van der Waals surface area contributed by atoms with Crippen molar-refractivity contribution in [3.8, 4) is 0 Å². The Balaban J connectivity index is 1.84. The van der Waals surface area contributed by atoms with E-state index in [1.165, 1.54) is 5.56 Å². The van der Waals surface area contributed by atoms with Gasteiger partial charge >= 0.3 is 0 Å². The van der Waals surface area contributed by atoms with Crippen molar-refractivity contribution in [1.29, 1.82) is 0 Å². The molecule has 0 aliphatic carbocycles. The maximum absolute atomic E-state index is 13.0. The first-order chi connectivity index (χ1) is 12.3. The van der Waals surface area contributed by atoms with E-state index < -0.39 is 12.0 Å². The highest BCUT2D eigenvalue weighted by Gasteiger charge is 2.28. The van der Waals surface area contributed by atoms with Crippen LogP contribution in [0.5, 0.6) is 0 Å². The summed E-state index contributed by atoms with van der Waals surface area (Å²) >= 11 is 0. The Morgan fingerprint density at radius 3 is 1.88 bits per heavy atom. The van der Waals surface area contributed by atoms with Gasteiger partial charge in [-0.3, -0.25) is 4.79 Å². The van der Waals surface area contributed by atoms with Gasteiger partial charge in [-0.2, -0.15) is 0 Å². The zero-order chi connectivity index (χ0) is 17.5. The van der Waals surface area contributed by atoms with Crippen LogP contribution in [0.25, 0.3) is 0 Å². The minimum Gasteiger partial charge on any atom is -0.388 e. The molecule has 126 valence electrons. The summed E-state index contributed by atoms with van der Waals surface area (Å²) in [6.45, 7) is 0. The van der Waals surface area contributed by atoms with Gasteiger partial charge in [-0.25, -0.2) is 0 Å². The molecule has 3 aromatic rings. The molecule has 2 heteroatoms. The molecule has 0 aromatic heterocycles. The molecule has 0 aliphatic heterocycles. The molecular weight excluding hydrogens is 308 g/mol. The molecule has 0 radical (unpaired) electrons. The standard InChI is InChI=1S/C23H22O2/c24-22(19-12-6-2-7-13-19)21(17-16-18-10-4-1-5-11-18)23(25)20-14-8-3-9-15-20/h1-15,21-22,24H,16-17H2/t21-,22+/m0/s1. The van der Waals surface area contributed by atoms with E-state index in [1.54, 1.807) is 0 Å². The fraction of sp³-hybridized carbons (Fsp3) is 0.174. The zero-order valence-corrected chi connectivity index (χ0v) is 14.1. The molecule has 0 heterocycles. The van der Waals surface area contributed by atoms with E-state index in [0.717, 1.165) is 12.0 Å². The summed E-state index contributed by atoms with van der Waals surface area (Å²) in [6.07, 6.45) is 0.555. The Morgan fingerprint density at radius 2 is 1.28 bits per heavy atom. The third-order valence-electron chi connectivity index (χ3n) is 4.50. The molecule has 0 unspecified atom stereocenters. The van der Waals surface area contributed by atoms with Gasteiger partial charge in [0.2, 0.25) is 0 Å². The molecule has 0 bridgehead atoms. The Kier molecular flexibility index (Phi) is 5.76. The SMILES string of the molecule is O=C(c1ccccc1)[C@@H](CCc1ccccc1)[C@H](O)c1ccccc1. The van der Waals surface area contributed by atoms with E-state index in [4.69, 9.17) is 0 Å². The van der Waals surface area contributed by atoms with Gasteiger partial charge in [0, 0.05) is 5.56 Å². The predicted molar refractivity (Wildman–Crippen MR) is 100 cm³/mol. The van der Waals surface area contributed by atoms with Gasteiger partial charge in [0.15, 0.2) is 5.78 Å². The zero-order valence-electron chi connectivity index (χ0n) is 14.1. The average Bonchev–Trinajstić information content (AvgIpc) is 2.70. The van der Waals surface area contributed by atoms with Crippen LogP contribution in [0.2, 0.25) is 0 Å².